The van der Waals surface area contributed by atoms with Crippen molar-refractivity contribution >= 4 is 24.6 Å². The lowest BCUT2D eigenvalue weighted by molar-refractivity contribution is 0.158. The van der Waals surface area contributed by atoms with Gasteiger partial charge in [0.15, 0.2) is 16.4 Å². The smallest absolute Gasteiger partial charge is 0.177 e. The molecule has 3 heterocycles. The molecule has 4 nitrogen and oxygen atoms in total. The fourth-order valence-electron chi connectivity index (χ4n) is 4.37. The van der Waals surface area contributed by atoms with E-state index in [1.807, 2.05) is 4.57 Å². The summed E-state index contributed by atoms with van der Waals surface area (Å²) in [6, 6.07) is 2.29. The second-order valence-corrected chi connectivity index (χ2v) is 8.11. The minimum Gasteiger partial charge on any atom is -0.380 e. The number of hydrogen-bond donors (Lipinski definition) is 1. The van der Waals surface area contributed by atoms with Crippen molar-refractivity contribution in [2.75, 3.05) is 26.8 Å². The molecule has 160 valence electrons. The van der Waals surface area contributed by atoms with Crippen molar-refractivity contribution in [1.82, 2.24) is 14.5 Å². The first-order valence-corrected chi connectivity index (χ1v) is 10.1. The fourth-order valence-corrected chi connectivity index (χ4v) is 4.68. The Bertz CT molecular complexity index is 926. The lowest BCUT2D eigenvalue weighted by Crippen LogP contribution is -2.32. The molecule has 2 atom stereocenters. The second-order valence-electron chi connectivity index (χ2n) is 7.73. The summed E-state index contributed by atoms with van der Waals surface area (Å²) in [5, 5.41) is 0. The zero-order valence-corrected chi connectivity index (χ0v) is 17.9. The molecule has 1 saturated heterocycles. The summed E-state index contributed by atoms with van der Waals surface area (Å²) in [4.78, 5) is 5.56. The van der Waals surface area contributed by atoms with Crippen LogP contribution in [0.3, 0.4) is 0 Å². The quantitative estimate of drug-likeness (QED) is 0.527. The van der Waals surface area contributed by atoms with E-state index in [0.717, 1.165) is 62.5 Å². The molecule has 0 bridgehead atoms. The van der Waals surface area contributed by atoms with Gasteiger partial charge in [-0.3, -0.25) is 0 Å². The average Bonchev–Trinajstić information content (AvgIpc) is 3.38. The molecule has 2 aromatic rings. The molecule has 0 aliphatic carbocycles. The molecular formula is C20H25ClF3N3OS. The van der Waals surface area contributed by atoms with Crippen molar-refractivity contribution in [2.45, 2.75) is 44.2 Å². The Morgan fingerprint density at radius 2 is 2.03 bits per heavy atom. The van der Waals surface area contributed by atoms with Crippen molar-refractivity contribution in [3.63, 3.8) is 0 Å². The summed E-state index contributed by atoms with van der Waals surface area (Å²) < 4.78 is 49.9. The predicted octanol–water partition coefficient (Wildman–Crippen LogP) is 4.38. The van der Waals surface area contributed by atoms with E-state index in [9.17, 15) is 13.2 Å². The number of nitrogens with one attached hydrogen (secondary N) is 1. The number of H-pyrrole nitrogens is 1. The summed E-state index contributed by atoms with van der Waals surface area (Å²) in [7, 11) is 2.11. The lowest BCUT2D eigenvalue weighted by atomic mass is 9.95. The third-order valence-electron chi connectivity index (χ3n) is 5.97. The van der Waals surface area contributed by atoms with Crippen LogP contribution in [0.5, 0.6) is 0 Å². The number of fused-ring (bicyclic) bond motifs is 1. The molecule has 1 aromatic heterocycles. The number of imidazole rings is 1. The van der Waals surface area contributed by atoms with Crippen LogP contribution >= 0.6 is 24.6 Å². The number of aryl methyl sites for hydroxylation is 1. The number of nitrogens with zero attached hydrogens (tertiary/aromatic N) is 2. The minimum atomic E-state index is -1.09. The standard InChI is InChI=1S/C20H24F3N3OS.ClH/c1-25(13-6-8-27-11-13)7-2-3-16-17-9-12(10-26(17)20(28)24-16)18-14(21)4-5-15(22)19(18)23;/h4-5,12-13H,2-3,6-11H2,1H3,(H,24,28);1H. The van der Waals surface area contributed by atoms with Crippen molar-refractivity contribution in [3.05, 3.63) is 51.3 Å². The summed E-state index contributed by atoms with van der Waals surface area (Å²) in [5.41, 5.74) is 1.82. The van der Waals surface area contributed by atoms with Crippen LogP contribution in [0.1, 0.15) is 35.7 Å². The Morgan fingerprint density at radius 1 is 1.28 bits per heavy atom. The van der Waals surface area contributed by atoms with Gasteiger partial charge in [-0.25, -0.2) is 13.2 Å². The highest BCUT2D eigenvalue weighted by Crippen LogP contribution is 2.35. The molecule has 0 saturated carbocycles. The first-order valence-electron chi connectivity index (χ1n) is 9.67. The number of aromatic amines is 1. The van der Waals surface area contributed by atoms with Gasteiger partial charge in [-0.1, -0.05) is 0 Å². The van der Waals surface area contributed by atoms with Crippen LogP contribution in [-0.2, 0) is 24.1 Å². The van der Waals surface area contributed by atoms with E-state index in [4.69, 9.17) is 17.0 Å². The third kappa shape index (κ3) is 4.40. The molecule has 2 aliphatic rings. The second kappa shape index (κ2) is 9.20. The number of benzene rings is 1. The normalized spacial score (nSPS) is 20.9. The molecule has 4 rings (SSSR count). The summed E-state index contributed by atoms with van der Waals surface area (Å²) in [5.74, 6) is -3.25. The SMILES string of the molecule is CN(CCCc1[nH]c(=S)n2c1CC(c1c(F)ccc(F)c1F)C2)C1CCOC1.Cl. The highest BCUT2D eigenvalue weighted by molar-refractivity contribution is 7.71. The number of halogens is 4. The molecule has 0 radical (unpaired) electrons. The molecule has 2 aliphatic heterocycles. The molecule has 1 N–H and O–H groups in total. The lowest BCUT2D eigenvalue weighted by Gasteiger charge is -2.22. The number of hydrogen-bond acceptors (Lipinski definition) is 3. The molecule has 1 aromatic carbocycles. The average molecular weight is 448 g/mol. The van der Waals surface area contributed by atoms with E-state index >= 15 is 0 Å². The Labute approximate surface area is 179 Å². The van der Waals surface area contributed by atoms with E-state index in [1.54, 1.807) is 0 Å². The van der Waals surface area contributed by atoms with Gasteiger partial charge in [-0.15, -0.1) is 12.4 Å². The molecule has 0 amide bonds. The van der Waals surface area contributed by atoms with E-state index in [-0.39, 0.29) is 18.0 Å². The van der Waals surface area contributed by atoms with Gasteiger partial charge in [-0.05, 0) is 63.6 Å². The minimum absolute atomic E-state index is 0. The van der Waals surface area contributed by atoms with Crippen molar-refractivity contribution < 1.29 is 17.9 Å². The first kappa shape index (κ1) is 22.3. The van der Waals surface area contributed by atoms with Crippen LogP contribution in [0.15, 0.2) is 12.1 Å². The van der Waals surface area contributed by atoms with Gasteiger partial charge >= 0.3 is 0 Å². The largest absolute Gasteiger partial charge is 0.380 e. The van der Waals surface area contributed by atoms with E-state index in [0.29, 0.717) is 23.8 Å². The van der Waals surface area contributed by atoms with Crippen LogP contribution in [-0.4, -0.2) is 47.3 Å². The van der Waals surface area contributed by atoms with Gasteiger partial charge in [0.25, 0.3) is 0 Å². The van der Waals surface area contributed by atoms with E-state index < -0.39 is 23.4 Å². The molecule has 9 heteroatoms. The van der Waals surface area contributed by atoms with Crippen LogP contribution in [0, 0.1) is 22.2 Å². The maximum Gasteiger partial charge on any atom is 0.177 e. The van der Waals surface area contributed by atoms with Gasteiger partial charge in [0.2, 0.25) is 0 Å². The number of ether oxygens (including phenoxy) is 1. The first-order chi connectivity index (χ1) is 13.5. The molecule has 0 spiro atoms. The van der Waals surface area contributed by atoms with Gasteiger partial charge in [0.1, 0.15) is 5.82 Å². The molecule has 2 unspecified atom stereocenters. The molecular weight excluding hydrogens is 423 g/mol. The molecule has 1 fully saturated rings. The van der Waals surface area contributed by atoms with Crippen molar-refractivity contribution in [3.8, 4) is 0 Å². The predicted molar refractivity (Wildman–Crippen MR) is 110 cm³/mol. The zero-order valence-electron chi connectivity index (χ0n) is 16.2. The Balaban J connectivity index is 0.00000240. The monoisotopic (exact) mass is 447 g/mol. The van der Waals surface area contributed by atoms with Gasteiger partial charge < -0.3 is 19.2 Å². The highest BCUT2D eigenvalue weighted by Gasteiger charge is 2.31. The van der Waals surface area contributed by atoms with Crippen LogP contribution in [0.2, 0.25) is 0 Å². The van der Waals surface area contributed by atoms with Crippen LogP contribution in [0.25, 0.3) is 0 Å². The van der Waals surface area contributed by atoms with Gasteiger partial charge in [0.05, 0.1) is 6.61 Å². The highest BCUT2D eigenvalue weighted by atomic mass is 35.5. The third-order valence-corrected chi connectivity index (χ3v) is 6.30. The Morgan fingerprint density at radius 3 is 2.76 bits per heavy atom. The topological polar surface area (TPSA) is 33.2 Å². The van der Waals surface area contributed by atoms with Gasteiger partial charge in [-0.2, -0.15) is 0 Å². The Hall–Kier alpha value is -1.35. The zero-order chi connectivity index (χ0) is 19.8. The maximum absolute atomic E-state index is 14.2. The fraction of sp³-hybridized carbons (Fsp3) is 0.550. The maximum atomic E-state index is 14.2. The summed E-state index contributed by atoms with van der Waals surface area (Å²) in [6.07, 6.45) is 3.27. The Kier molecular flexibility index (Phi) is 7.09. The van der Waals surface area contributed by atoms with E-state index in [1.165, 1.54) is 0 Å². The summed E-state index contributed by atoms with van der Waals surface area (Å²) in [6.45, 7) is 2.91. The number of aromatic nitrogens is 2. The summed E-state index contributed by atoms with van der Waals surface area (Å²) >= 11 is 5.40. The van der Waals surface area contributed by atoms with Crippen molar-refractivity contribution in [2.24, 2.45) is 0 Å². The van der Waals surface area contributed by atoms with Crippen LogP contribution < -0.4 is 0 Å². The number of rotatable bonds is 6. The number of likely N-dealkylation sites (N-methyl/N-ethyl adjacent to an activating group) is 1. The van der Waals surface area contributed by atoms with Crippen molar-refractivity contribution in [1.29, 1.82) is 0 Å². The van der Waals surface area contributed by atoms with Gasteiger partial charge in [0, 0.05) is 42.1 Å². The molecule has 29 heavy (non-hydrogen) atoms. The van der Waals surface area contributed by atoms with E-state index in [2.05, 4.69) is 16.9 Å². The van der Waals surface area contributed by atoms with Crippen LogP contribution in [0.4, 0.5) is 13.2 Å².